The van der Waals surface area contributed by atoms with Crippen LogP contribution in [0.2, 0.25) is 5.15 Å². The quantitative estimate of drug-likeness (QED) is 0.301. The van der Waals surface area contributed by atoms with Gasteiger partial charge >= 0.3 is 0 Å². The molecule has 1 fully saturated rings. The fraction of sp³-hybridized carbons (Fsp3) is 0.273. The molecule has 1 saturated carbocycles. The van der Waals surface area contributed by atoms with Crippen molar-refractivity contribution in [3.8, 4) is 11.4 Å². The predicted molar refractivity (Wildman–Crippen MR) is 117 cm³/mol. The Balaban J connectivity index is 1.46. The highest BCUT2D eigenvalue weighted by atomic mass is 35.5. The maximum Gasteiger partial charge on any atom is 0.192 e. The molecule has 0 unspecified atom stereocenters. The summed E-state index contributed by atoms with van der Waals surface area (Å²) in [6, 6.07) is 10.8. The van der Waals surface area contributed by atoms with Crippen molar-refractivity contribution in [2.75, 3.05) is 0 Å². The van der Waals surface area contributed by atoms with E-state index >= 15 is 0 Å². The Morgan fingerprint density at radius 3 is 2.79 bits per heavy atom. The first kappa shape index (κ1) is 18.6. The van der Waals surface area contributed by atoms with E-state index in [1.807, 2.05) is 18.3 Å². The van der Waals surface area contributed by atoms with Crippen LogP contribution in [0.5, 0.6) is 0 Å². The molecule has 0 bridgehead atoms. The molecule has 0 N–H and O–H groups in total. The number of pyridine rings is 2. The normalized spacial score (nSPS) is 13.9. The SMILES string of the molecule is Cc1ccc2cc(CSc3nnc(-c4cccnc4)n3C3CC3)c(Cl)nc2c1C. The van der Waals surface area contributed by atoms with Crippen LogP contribution in [-0.4, -0.2) is 24.7 Å². The lowest BCUT2D eigenvalue weighted by Crippen LogP contribution is -2.00. The molecule has 0 spiro atoms. The Kier molecular flexibility index (Phi) is 4.76. The zero-order valence-electron chi connectivity index (χ0n) is 16.3. The van der Waals surface area contributed by atoms with Gasteiger partial charge in [-0.15, -0.1) is 10.2 Å². The van der Waals surface area contributed by atoms with Crippen molar-refractivity contribution in [3.63, 3.8) is 0 Å². The van der Waals surface area contributed by atoms with E-state index in [0.717, 1.165) is 45.9 Å². The van der Waals surface area contributed by atoms with E-state index in [2.05, 4.69) is 56.8 Å². The third kappa shape index (κ3) is 3.51. The molecule has 146 valence electrons. The minimum Gasteiger partial charge on any atom is -0.299 e. The summed E-state index contributed by atoms with van der Waals surface area (Å²) in [7, 11) is 0. The van der Waals surface area contributed by atoms with Crippen LogP contribution in [0.15, 0.2) is 47.9 Å². The van der Waals surface area contributed by atoms with Crippen LogP contribution in [0.3, 0.4) is 0 Å². The third-order valence-electron chi connectivity index (χ3n) is 5.39. The van der Waals surface area contributed by atoms with E-state index in [0.29, 0.717) is 16.9 Å². The zero-order valence-corrected chi connectivity index (χ0v) is 17.8. The number of nitrogens with zero attached hydrogens (tertiary/aromatic N) is 5. The van der Waals surface area contributed by atoms with Gasteiger partial charge in [0, 0.05) is 40.7 Å². The van der Waals surface area contributed by atoms with E-state index in [9.17, 15) is 0 Å². The second-order valence-corrected chi connectivity index (χ2v) is 8.76. The van der Waals surface area contributed by atoms with Crippen LogP contribution in [0.25, 0.3) is 22.3 Å². The lowest BCUT2D eigenvalue weighted by molar-refractivity contribution is 0.669. The van der Waals surface area contributed by atoms with Gasteiger partial charge in [0.25, 0.3) is 0 Å². The summed E-state index contributed by atoms with van der Waals surface area (Å²) in [6.45, 7) is 4.19. The second kappa shape index (κ2) is 7.43. The Hall–Kier alpha value is -2.44. The van der Waals surface area contributed by atoms with Crippen molar-refractivity contribution < 1.29 is 0 Å². The van der Waals surface area contributed by atoms with Crippen molar-refractivity contribution in [1.29, 1.82) is 0 Å². The molecule has 1 aromatic carbocycles. The first-order valence-electron chi connectivity index (χ1n) is 9.65. The van der Waals surface area contributed by atoms with Gasteiger partial charge in [0.05, 0.1) is 5.52 Å². The van der Waals surface area contributed by atoms with Gasteiger partial charge in [-0.2, -0.15) is 0 Å². The molecule has 0 amide bonds. The number of hydrogen-bond donors (Lipinski definition) is 0. The van der Waals surface area contributed by atoms with Gasteiger partial charge in [0.15, 0.2) is 11.0 Å². The first-order chi connectivity index (χ1) is 14.1. The molecule has 0 saturated heterocycles. The van der Waals surface area contributed by atoms with Crippen LogP contribution in [0.1, 0.15) is 35.6 Å². The Bertz CT molecular complexity index is 1200. The molecule has 5 rings (SSSR count). The maximum atomic E-state index is 6.53. The maximum absolute atomic E-state index is 6.53. The molecule has 4 aromatic rings. The smallest absolute Gasteiger partial charge is 0.192 e. The van der Waals surface area contributed by atoms with E-state index < -0.39 is 0 Å². The van der Waals surface area contributed by atoms with Crippen LogP contribution < -0.4 is 0 Å². The summed E-state index contributed by atoms with van der Waals surface area (Å²) in [4.78, 5) is 8.90. The van der Waals surface area contributed by atoms with Gasteiger partial charge in [-0.1, -0.05) is 35.5 Å². The van der Waals surface area contributed by atoms with E-state index in [4.69, 9.17) is 11.6 Å². The molecule has 1 aliphatic carbocycles. The van der Waals surface area contributed by atoms with Gasteiger partial charge in [0.1, 0.15) is 5.15 Å². The lowest BCUT2D eigenvalue weighted by Gasteiger charge is -2.11. The standard InChI is InChI=1S/C22H20ClN5S/c1-13-5-6-15-10-17(20(23)25-19(15)14(13)2)12-29-22-27-26-21(28(22)18-7-8-18)16-4-3-9-24-11-16/h3-6,9-11,18H,7-8,12H2,1-2H3. The van der Waals surface area contributed by atoms with Crippen LogP contribution in [0.4, 0.5) is 0 Å². The van der Waals surface area contributed by atoms with Gasteiger partial charge in [-0.25, -0.2) is 4.98 Å². The summed E-state index contributed by atoms with van der Waals surface area (Å²) >= 11 is 8.19. The van der Waals surface area contributed by atoms with Crippen LogP contribution in [-0.2, 0) is 5.75 Å². The third-order valence-corrected chi connectivity index (χ3v) is 6.71. The molecule has 0 radical (unpaired) electrons. The molecular weight excluding hydrogens is 402 g/mol. The summed E-state index contributed by atoms with van der Waals surface area (Å²) in [6.07, 6.45) is 5.94. The molecule has 1 aliphatic rings. The average molecular weight is 422 g/mol. The number of rotatable bonds is 5. The molecule has 0 aliphatic heterocycles. The monoisotopic (exact) mass is 421 g/mol. The Morgan fingerprint density at radius 1 is 1.17 bits per heavy atom. The van der Waals surface area contributed by atoms with E-state index in [1.54, 1.807) is 18.0 Å². The van der Waals surface area contributed by atoms with Crippen molar-refractivity contribution >= 4 is 34.3 Å². The summed E-state index contributed by atoms with van der Waals surface area (Å²) in [5.74, 6) is 1.59. The highest BCUT2D eigenvalue weighted by Gasteiger charge is 2.30. The van der Waals surface area contributed by atoms with Crippen LogP contribution in [0, 0.1) is 13.8 Å². The number of halogens is 1. The molecule has 29 heavy (non-hydrogen) atoms. The summed E-state index contributed by atoms with van der Waals surface area (Å²) < 4.78 is 2.25. The number of thioether (sulfide) groups is 1. The highest BCUT2D eigenvalue weighted by molar-refractivity contribution is 7.98. The van der Waals surface area contributed by atoms with Gasteiger partial charge in [-0.05, 0) is 56.0 Å². The zero-order chi connectivity index (χ0) is 20.0. The fourth-order valence-electron chi connectivity index (χ4n) is 3.48. The molecule has 5 nitrogen and oxygen atoms in total. The van der Waals surface area contributed by atoms with Crippen molar-refractivity contribution in [2.24, 2.45) is 0 Å². The predicted octanol–water partition coefficient (Wildman–Crippen LogP) is 5.79. The highest BCUT2D eigenvalue weighted by Crippen LogP contribution is 2.41. The molecule has 3 aromatic heterocycles. The largest absolute Gasteiger partial charge is 0.299 e. The Labute approximate surface area is 178 Å². The molecule has 7 heteroatoms. The average Bonchev–Trinajstić information content (AvgIpc) is 3.49. The van der Waals surface area contributed by atoms with Gasteiger partial charge in [0.2, 0.25) is 0 Å². The van der Waals surface area contributed by atoms with Crippen molar-refractivity contribution in [1.82, 2.24) is 24.7 Å². The first-order valence-corrected chi connectivity index (χ1v) is 11.0. The number of aromatic nitrogens is 5. The molecule has 0 atom stereocenters. The summed E-state index contributed by atoms with van der Waals surface area (Å²) in [5.41, 5.74) is 5.39. The number of fused-ring (bicyclic) bond motifs is 1. The number of hydrogen-bond acceptors (Lipinski definition) is 5. The number of aryl methyl sites for hydroxylation is 2. The molecular formula is C22H20ClN5S. The van der Waals surface area contributed by atoms with Crippen molar-refractivity contribution in [3.05, 3.63) is 64.6 Å². The van der Waals surface area contributed by atoms with Crippen molar-refractivity contribution in [2.45, 2.75) is 43.6 Å². The topological polar surface area (TPSA) is 56.5 Å². The minimum atomic E-state index is 0.471. The van der Waals surface area contributed by atoms with Gasteiger partial charge in [-0.3, -0.25) is 9.55 Å². The second-order valence-electron chi connectivity index (χ2n) is 7.46. The molecule has 3 heterocycles. The van der Waals surface area contributed by atoms with Crippen LogP contribution >= 0.6 is 23.4 Å². The fourth-order valence-corrected chi connectivity index (χ4v) is 4.74. The summed E-state index contributed by atoms with van der Waals surface area (Å²) in [5, 5.41) is 11.5. The Morgan fingerprint density at radius 2 is 2.03 bits per heavy atom. The van der Waals surface area contributed by atoms with E-state index in [1.165, 1.54) is 11.1 Å². The van der Waals surface area contributed by atoms with Gasteiger partial charge < -0.3 is 0 Å². The number of benzene rings is 1. The minimum absolute atomic E-state index is 0.471. The van der Waals surface area contributed by atoms with E-state index in [-0.39, 0.29) is 0 Å². The lowest BCUT2D eigenvalue weighted by atomic mass is 10.0.